The van der Waals surface area contributed by atoms with Crippen LogP contribution in [0.1, 0.15) is 26.3 Å². The van der Waals surface area contributed by atoms with Crippen LogP contribution >= 0.6 is 0 Å². The van der Waals surface area contributed by atoms with Crippen molar-refractivity contribution in [3.05, 3.63) is 157 Å². The molecule has 2 aromatic heterocycles. The summed E-state index contributed by atoms with van der Waals surface area (Å²) in [6.07, 6.45) is 1.89. The largest absolute Gasteiger partial charge is 0.507 e. The van der Waals surface area contributed by atoms with Gasteiger partial charge in [-0.15, -0.1) is 35.4 Å². The average molecular weight is 816 g/mol. The van der Waals surface area contributed by atoms with E-state index in [1.807, 2.05) is 30.5 Å². The van der Waals surface area contributed by atoms with Gasteiger partial charge in [0.1, 0.15) is 11.6 Å². The molecule has 6 aromatic carbocycles. The summed E-state index contributed by atoms with van der Waals surface area (Å²) in [7, 11) is 0. The first-order valence-corrected chi connectivity index (χ1v) is 16.2. The zero-order valence-electron chi connectivity index (χ0n) is 27.5. The maximum atomic E-state index is 11.0. The van der Waals surface area contributed by atoms with E-state index < -0.39 is 0 Å². The van der Waals surface area contributed by atoms with Crippen molar-refractivity contribution < 1.29 is 26.2 Å². The molecular formula is C44H34N3OPt-. The summed E-state index contributed by atoms with van der Waals surface area (Å²) in [6, 6.07) is 51.1. The minimum atomic E-state index is 0. The molecule has 0 unspecified atom stereocenters. The van der Waals surface area contributed by atoms with Crippen LogP contribution < -0.4 is 0 Å². The number of hydrogen-bond donors (Lipinski definition) is 1. The van der Waals surface area contributed by atoms with E-state index in [-0.39, 0.29) is 32.2 Å². The monoisotopic (exact) mass is 815 g/mol. The van der Waals surface area contributed by atoms with Gasteiger partial charge in [0.2, 0.25) is 0 Å². The van der Waals surface area contributed by atoms with Crippen LogP contribution in [0.2, 0.25) is 0 Å². The van der Waals surface area contributed by atoms with Gasteiger partial charge < -0.3 is 5.11 Å². The molecule has 0 spiro atoms. The topological polar surface area (TPSA) is 50.9 Å². The number of phenols is 1. The molecule has 0 aliphatic heterocycles. The molecule has 5 heteroatoms. The van der Waals surface area contributed by atoms with Gasteiger partial charge in [-0.1, -0.05) is 117 Å². The summed E-state index contributed by atoms with van der Waals surface area (Å²) in [5.74, 6) is 0.871. The third kappa shape index (κ3) is 5.87. The van der Waals surface area contributed by atoms with Crippen LogP contribution in [-0.4, -0.2) is 19.6 Å². The Hall–Kier alpha value is -5.31. The molecule has 2 heterocycles. The molecule has 0 bridgehead atoms. The summed E-state index contributed by atoms with van der Waals surface area (Å²) < 4.78 is 2.14. The van der Waals surface area contributed by atoms with Crippen molar-refractivity contribution in [2.45, 2.75) is 26.2 Å². The normalized spacial score (nSPS) is 11.5. The molecule has 0 aliphatic carbocycles. The molecule has 0 saturated carbocycles. The molecular weight excluding hydrogens is 782 g/mol. The molecule has 0 aliphatic rings. The van der Waals surface area contributed by atoms with Gasteiger partial charge in [-0.25, -0.2) is 4.98 Å². The Labute approximate surface area is 301 Å². The Morgan fingerprint density at radius 2 is 1.22 bits per heavy atom. The average Bonchev–Trinajstić information content (AvgIpc) is 3.51. The van der Waals surface area contributed by atoms with Gasteiger partial charge in [0, 0.05) is 43.9 Å². The summed E-state index contributed by atoms with van der Waals surface area (Å²) in [5.41, 5.74) is 11.9. The first-order valence-electron chi connectivity index (χ1n) is 16.2. The van der Waals surface area contributed by atoms with Crippen LogP contribution in [0, 0.1) is 6.07 Å². The van der Waals surface area contributed by atoms with E-state index in [4.69, 9.17) is 9.97 Å². The molecule has 49 heavy (non-hydrogen) atoms. The van der Waals surface area contributed by atoms with Gasteiger partial charge in [-0.2, -0.15) is 0 Å². The van der Waals surface area contributed by atoms with Crippen molar-refractivity contribution in [3.63, 3.8) is 0 Å². The van der Waals surface area contributed by atoms with Gasteiger partial charge in [0.15, 0.2) is 0 Å². The van der Waals surface area contributed by atoms with E-state index in [1.165, 1.54) is 5.56 Å². The Morgan fingerprint density at radius 3 is 1.94 bits per heavy atom. The van der Waals surface area contributed by atoms with Crippen molar-refractivity contribution >= 4 is 21.9 Å². The molecule has 0 saturated heterocycles. The number of phenolic OH excluding ortho intramolecular Hbond substituents is 1. The van der Waals surface area contributed by atoms with Crippen LogP contribution in [-0.2, 0) is 26.5 Å². The number of hydrogen-bond acceptors (Lipinski definition) is 3. The summed E-state index contributed by atoms with van der Waals surface area (Å²) in [5, 5.41) is 12.1. The van der Waals surface area contributed by atoms with Crippen LogP contribution in [0.15, 0.2) is 146 Å². The molecule has 0 amide bonds. The Kier molecular flexibility index (Phi) is 8.52. The predicted molar refractivity (Wildman–Crippen MR) is 197 cm³/mol. The number of para-hydroxylation sites is 3. The fourth-order valence-corrected chi connectivity index (χ4v) is 6.58. The molecule has 0 radical (unpaired) electrons. The number of aromatic nitrogens is 3. The maximum Gasteiger partial charge on any atom is 0.148 e. The minimum Gasteiger partial charge on any atom is -0.507 e. The van der Waals surface area contributed by atoms with Crippen molar-refractivity contribution in [2.24, 2.45) is 0 Å². The minimum absolute atomic E-state index is 0. The number of aromatic hydroxyl groups is 1. The van der Waals surface area contributed by atoms with E-state index >= 15 is 0 Å². The number of imidazole rings is 1. The quantitative estimate of drug-likeness (QED) is 0.176. The number of fused-ring (bicyclic) bond motifs is 2. The molecule has 8 aromatic rings. The first-order chi connectivity index (χ1) is 23.4. The van der Waals surface area contributed by atoms with Crippen molar-refractivity contribution in [1.82, 2.24) is 14.5 Å². The Balaban J connectivity index is 0.00000378. The second kappa shape index (κ2) is 13.0. The third-order valence-corrected chi connectivity index (χ3v) is 9.05. The number of benzene rings is 6. The fourth-order valence-electron chi connectivity index (χ4n) is 6.58. The van der Waals surface area contributed by atoms with E-state index in [0.717, 1.165) is 61.0 Å². The summed E-state index contributed by atoms with van der Waals surface area (Å²) in [4.78, 5) is 10.1. The standard InChI is InChI=1S/C44H34N3O.Pt/c1-44(2,3)32-22-24-33(25-23-32)47-39-20-11-18-36(42(39)46-43(47)38-16-7-8-21-40(38)48)31-15-9-14-30(28-31)35-17-10-19-37-34(26-27-45-41(35)37)29-12-5-4-6-13-29;/h4-27,48H,1-3H3;/q-1;. The third-order valence-electron chi connectivity index (χ3n) is 9.05. The zero-order valence-corrected chi connectivity index (χ0v) is 29.7. The molecule has 0 atom stereocenters. The van der Waals surface area contributed by atoms with E-state index in [9.17, 15) is 5.11 Å². The fraction of sp³-hybridized carbons (Fsp3) is 0.0909. The van der Waals surface area contributed by atoms with Crippen LogP contribution in [0.4, 0.5) is 0 Å². The maximum absolute atomic E-state index is 11.0. The molecule has 1 N–H and O–H groups in total. The molecule has 8 rings (SSSR count). The van der Waals surface area contributed by atoms with Crippen molar-refractivity contribution in [1.29, 1.82) is 0 Å². The van der Waals surface area contributed by atoms with Crippen molar-refractivity contribution in [3.8, 4) is 56.2 Å². The summed E-state index contributed by atoms with van der Waals surface area (Å²) in [6.45, 7) is 6.65. The van der Waals surface area contributed by atoms with Gasteiger partial charge >= 0.3 is 0 Å². The van der Waals surface area contributed by atoms with Crippen LogP contribution in [0.3, 0.4) is 0 Å². The predicted octanol–water partition coefficient (Wildman–Crippen LogP) is 11.0. The Bertz CT molecular complexity index is 2440. The van der Waals surface area contributed by atoms with Gasteiger partial charge in [0.05, 0.1) is 16.6 Å². The molecule has 242 valence electrons. The zero-order chi connectivity index (χ0) is 32.8. The van der Waals surface area contributed by atoms with E-state index in [1.54, 1.807) is 6.07 Å². The molecule has 4 nitrogen and oxygen atoms in total. The van der Waals surface area contributed by atoms with E-state index in [0.29, 0.717) is 11.4 Å². The number of pyridine rings is 1. The second-order valence-corrected chi connectivity index (χ2v) is 13.2. The summed E-state index contributed by atoms with van der Waals surface area (Å²) >= 11 is 0. The van der Waals surface area contributed by atoms with Gasteiger partial charge in [-0.3, -0.25) is 9.55 Å². The second-order valence-electron chi connectivity index (χ2n) is 13.2. The number of nitrogens with zero attached hydrogens (tertiary/aromatic N) is 3. The smallest absolute Gasteiger partial charge is 0.148 e. The van der Waals surface area contributed by atoms with Crippen molar-refractivity contribution in [2.75, 3.05) is 0 Å². The van der Waals surface area contributed by atoms with E-state index in [2.05, 4.69) is 141 Å². The number of rotatable bonds is 5. The Morgan fingerprint density at radius 1 is 0.592 bits per heavy atom. The van der Waals surface area contributed by atoms with Crippen LogP contribution in [0.5, 0.6) is 5.75 Å². The van der Waals surface area contributed by atoms with Gasteiger partial charge in [0.25, 0.3) is 0 Å². The van der Waals surface area contributed by atoms with Gasteiger partial charge in [-0.05, 0) is 58.5 Å². The SMILES string of the molecule is CC(C)(C)c1ccc(-n2c(-c3ccccc3O)nc3c(-c4[c-]c(-c5cccc6c(-c7ccccc7)ccnc56)ccc4)cccc32)cc1.[Pt]. The molecule has 0 fully saturated rings. The first kappa shape index (κ1) is 32.2. The van der Waals surface area contributed by atoms with Crippen LogP contribution in [0.25, 0.3) is 72.4 Å².